The summed E-state index contributed by atoms with van der Waals surface area (Å²) in [5.74, 6) is -1.53. The first-order valence-electron chi connectivity index (χ1n) is 7.57. The van der Waals surface area contributed by atoms with Crippen LogP contribution in [0.25, 0.3) is 0 Å². The molecule has 18 heavy (non-hydrogen) atoms. The molecule has 3 heteroatoms. The number of nitrogens with one attached hydrogen (secondary N) is 1. The highest BCUT2D eigenvalue weighted by atomic mass is 19.3. The molecule has 0 aromatic carbocycles. The Morgan fingerprint density at radius 3 is 2.22 bits per heavy atom. The van der Waals surface area contributed by atoms with Crippen LogP contribution in [-0.4, -0.2) is 19.0 Å². The highest BCUT2D eigenvalue weighted by Gasteiger charge is 2.40. The molecule has 108 valence electrons. The zero-order valence-corrected chi connectivity index (χ0v) is 12.1. The zero-order valence-electron chi connectivity index (χ0n) is 12.1. The lowest BCUT2D eigenvalue weighted by Crippen LogP contribution is -2.35. The minimum atomic E-state index is -2.39. The average Bonchev–Trinajstić information content (AvgIpc) is 2.65. The number of halogens is 2. The molecule has 0 amide bonds. The van der Waals surface area contributed by atoms with Crippen molar-refractivity contribution >= 4 is 0 Å². The minimum Gasteiger partial charge on any atom is -0.317 e. The molecule has 2 unspecified atom stereocenters. The van der Waals surface area contributed by atoms with Gasteiger partial charge in [0.25, 0.3) is 0 Å². The van der Waals surface area contributed by atoms with E-state index < -0.39 is 5.92 Å². The van der Waals surface area contributed by atoms with Gasteiger partial charge in [0.05, 0.1) is 0 Å². The molecular weight excluding hydrogens is 232 g/mol. The van der Waals surface area contributed by atoms with Crippen LogP contribution in [0.5, 0.6) is 0 Å². The summed E-state index contributed by atoms with van der Waals surface area (Å²) in [5, 5.41) is 3.38. The molecular formula is C15H29F2N. The third kappa shape index (κ3) is 4.83. The van der Waals surface area contributed by atoms with E-state index in [2.05, 4.69) is 19.2 Å². The van der Waals surface area contributed by atoms with Crippen LogP contribution < -0.4 is 5.32 Å². The van der Waals surface area contributed by atoms with Crippen LogP contribution in [0.3, 0.4) is 0 Å². The van der Waals surface area contributed by atoms with Gasteiger partial charge >= 0.3 is 0 Å². The molecule has 1 fully saturated rings. The Bertz CT molecular complexity index is 225. The summed E-state index contributed by atoms with van der Waals surface area (Å²) < 4.78 is 26.5. The summed E-state index contributed by atoms with van der Waals surface area (Å²) in [7, 11) is 1.98. The molecule has 1 aliphatic carbocycles. The summed E-state index contributed by atoms with van der Waals surface area (Å²) >= 11 is 0. The predicted molar refractivity (Wildman–Crippen MR) is 73.1 cm³/mol. The maximum Gasteiger partial charge on any atom is 0.248 e. The van der Waals surface area contributed by atoms with Crippen LogP contribution in [0.1, 0.15) is 65.2 Å². The second kappa shape index (κ2) is 7.42. The number of hydrogen-bond donors (Lipinski definition) is 1. The van der Waals surface area contributed by atoms with E-state index in [1.54, 1.807) is 0 Å². The second-order valence-corrected chi connectivity index (χ2v) is 5.93. The van der Waals surface area contributed by atoms with Crippen LogP contribution in [0.4, 0.5) is 8.78 Å². The van der Waals surface area contributed by atoms with E-state index in [4.69, 9.17) is 0 Å². The largest absolute Gasteiger partial charge is 0.317 e. The summed E-state index contributed by atoms with van der Waals surface area (Å²) in [4.78, 5) is 0. The van der Waals surface area contributed by atoms with Gasteiger partial charge in [0.2, 0.25) is 5.92 Å². The van der Waals surface area contributed by atoms with Crippen molar-refractivity contribution in [1.82, 2.24) is 5.32 Å². The smallest absolute Gasteiger partial charge is 0.248 e. The van der Waals surface area contributed by atoms with Crippen molar-refractivity contribution in [3.63, 3.8) is 0 Å². The molecule has 2 atom stereocenters. The number of rotatable bonds is 8. The van der Waals surface area contributed by atoms with E-state index in [1.807, 2.05) is 7.05 Å². The van der Waals surface area contributed by atoms with Crippen LogP contribution in [0.15, 0.2) is 0 Å². The Labute approximate surface area is 111 Å². The first-order chi connectivity index (χ1) is 8.52. The van der Waals surface area contributed by atoms with Crippen LogP contribution >= 0.6 is 0 Å². The van der Waals surface area contributed by atoms with Gasteiger partial charge < -0.3 is 5.32 Å². The Morgan fingerprint density at radius 2 is 1.83 bits per heavy atom. The average molecular weight is 261 g/mol. The van der Waals surface area contributed by atoms with E-state index in [1.165, 1.54) is 25.7 Å². The molecule has 0 saturated heterocycles. The van der Waals surface area contributed by atoms with Gasteiger partial charge in [0, 0.05) is 18.9 Å². The molecule has 0 radical (unpaired) electrons. The zero-order chi connectivity index (χ0) is 13.6. The van der Waals surface area contributed by atoms with Gasteiger partial charge in [-0.3, -0.25) is 0 Å². The standard InChI is InChI=1S/C15H29F2N/c1-4-6-13(7-5-2)14(18-3)10-12-8-9-15(16,17)11-12/h12-14,18H,4-11H2,1-3H3. The highest BCUT2D eigenvalue weighted by Crippen LogP contribution is 2.41. The summed E-state index contributed by atoms with van der Waals surface area (Å²) in [6.45, 7) is 4.41. The van der Waals surface area contributed by atoms with Crippen LogP contribution in [0, 0.1) is 11.8 Å². The van der Waals surface area contributed by atoms with Crippen molar-refractivity contribution in [1.29, 1.82) is 0 Å². The first kappa shape index (κ1) is 15.9. The lowest BCUT2D eigenvalue weighted by atomic mass is 9.84. The summed E-state index contributed by atoms with van der Waals surface area (Å²) in [6, 6.07) is 0.420. The lowest BCUT2D eigenvalue weighted by Gasteiger charge is -2.29. The third-order valence-corrected chi connectivity index (χ3v) is 4.35. The van der Waals surface area contributed by atoms with Crippen LogP contribution in [-0.2, 0) is 0 Å². The van der Waals surface area contributed by atoms with Gasteiger partial charge in [-0.15, -0.1) is 0 Å². The Balaban J connectivity index is 2.49. The third-order valence-electron chi connectivity index (χ3n) is 4.35. The molecule has 0 spiro atoms. The van der Waals surface area contributed by atoms with Crippen molar-refractivity contribution in [2.45, 2.75) is 77.2 Å². The topological polar surface area (TPSA) is 12.0 Å². The predicted octanol–water partition coefficient (Wildman–Crippen LogP) is 4.62. The van der Waals surface area contributed by atoms with E-state index in [0.717, 1.165) is 6.42 Å². The first-order valence-corrected chi connectivity index (χ1v) is 7.57. The quantitative estimate of drug-likeness (QED) is 0.672. The number of alkyl halides is 2. The molecule has 1 nitrogen and oxygen atoms in total. The van der Waals surface area contributed by atoms with E-state index in [9.17, 15) is 8.78 Å². The van der Waals surface area contributed by atoms with Crippen molar-refractivity contribution in [2.24, 2.45) is 11.8 Å². The van der Waals surface area contributed by atoms with Crippen molar-refractivity contribution in [3.8, 4) is 0 Å². The van der Waals surface area contributed by atoms with Gasteiger partial charge in [-0.2, -0.15) is 0 Å². The molecule has 1 rings (SSSR count). The van der Waals surface area contributed by atoms with Gasteiger partial charge in [0.15, 0.2) is 0 Å². The number of hydrogen-bond acceptors (Lipinski definition) is 1. The fourth-order valence-electron chi connectivity index (χ4n) is 3.44. The molecule has 1 aliphatic rings. The fraction of sp³-hybridized carbons (Fsp3) is 1.00. The summed E-state index contributed by atoms with van der Waals surface area (Å²) in [5.41, 5.74) is 0. The fourth-order valence-corrected chi connectivity index (χ4v) is 3.44. The Morgan fingerprint density at radius 1 is 1.22 bits per heavy atom. The van der Waals surface area contributed by atoms with E-state index in [0.29, 0.717) is 18.4 Å². The second-order valence-electron chi connectivity index (χ2n) is 5.93. The highest BCUT2D eigenvalue weighted by molar-refractivity contribution is 4.86. The maximum atomic E-state index is 13.2. The minimum absolute atomic E-state index is 0.0975. The molecule has 0 aliphatic heterocycles. The van der Waals surface area contributed by atoms with Gasteiger partial charge in [-0.1, -0.05) is 26.7 Å². The monoisotopic (exact) mass is 261 g/mol. The van der Waals surface area contributed by atoms with E-state index in [-0.39, 0.29) is 18.8 Å². The van der Waals surface area contributed by atoms with Crippen molar-refractivity contribution < 1.29 is 8.78 Å². The molecule has 0 heterocycles. The van der Waals surface area contributed by atoms with Crippen LogP contribution in [0.2, 0.25) is 0 Å². The van der Waals surface area contributed by atoms with E-state index >= 15 is 0 Å². The SMILES string of the molecule is CCCC(CCC)C(CC1CCC(F)(F)C1)NC. The van der Waals surface area contributed by atoms with Gasteiger partial charge in [-0.05, 0) is 44.6 Å². The van der Waals surface area contributed by atoms with Gasteiger partial charge in [-0.25, -0.2) is 8.78 Å². The molecule has 1 saturated carbocycles. The Kier molecular flexibility index (Phi) is 6.54. The van der Waals surface area contributed by atoms with Crippen molar-refractivity contribution in [2.75, 3.05) is 7.05 Å². The summed E-state index contributed by atoms with van der Waals surface area (Å²) in [6.07, 6.45) is 6.63. The Hall–Kier alpha value is -0.180. The maximum absolute atomic E-state index is 13.2. The van der Waals surface area contributed by atoms with Crippen molar-refractivity contribution in [3.05, 3.63) is 0 Å². The normalized spacial score (nSPS) is 24.7. The lowest BCUT2D eigenvalue weighted by molar-refractivity contribution is 0.00400. The molecule has 1 N–H and O–H groups in total. The molecule has 0 aromatic rings. The molecule has 0 aromatic heterocycles. The van der Waals surface area contributed by atoms with Gasteiger partial charge in [0.1, 0.15) is 0 Å². The molecule has 0 bridgehead atoms.